The molecule has 0 fully saturated rings. The van der Waals surface area contributed by atoms with Crippen molar-refractivity contribution in [2.24, 2.45) is 11.3 Å². The molecule has 0 bridgehead atoms. The van der Waals surface area contributed by atoms with Crippen molar-refractivity contribution in [3.8, 4) is 11.1 Å². The van der Waals surface area contributed by atoms with Gasteiger partial charge < -0.3 is 0 Å². The van der Waals surface area contributed by atoms with Gasteiger partial charge in [0.2, 0.25) is 0 Å². The van der Waals surface area contributed by atoms with Crippen LogP contribution >= 0.6 is 24.8 Å². The summed E-state index contributed by atoms with van der Waals surface area (Å²) in [6.45, 7) is 9.39. The number of allylic oxidation sites excluding steroid dienone is 4. The van der Waals surface area contributed by atoms with Crippen LogP contribution in [-0.2, 0) is 24.7 Å². The normalized spacial score (nSPS) is 16.6. The van der Waals surface area contributed by atoms with Crippen molar-refractivity contribution in [3.05, 3.63) is 105 Å². The monoisotopic (exact) mass is 610 g/mol. The summed E-state index contributed by atoms with van der Waals surface area (Å²) >= 11 is -4.19. The number of fused-ring (bicyclic) bond motifs is 3. The van der Waals surface area contributed by atoms with Crippen LogP contribution in [0.5, 0.6) is 0 Å². The molecule has 0 saturated carbocycles. The van der Waals surface area contributed by atoms with E-state index in [1.54, 1.807) is 6.55 Å². The summed E-state index contributed by atoms with van der Waals surface area (Å²) in [5.74, 6) is 0.483. The fourth-order valence-corrected chi connectivity index (χ4v) is 19.9. The van der Waals surface area contributed by atoms with Gasteiger partial charge in [-0.3, -0.25) is 0 Å². The van der Waals surface area contributed by atoms with Crippen LogP contribution in [0.4, 0.5) is 0 Å². The third-order valence-corrected chi connectivity index (χ3v) is 23.2. The quantitative estimate of drug-likeness (QED) is 0.204. The average molecular weight is 613 g/mol. The van der Waals surface area contributed by atoms with E-state index in [9.17, 15) is 0 Å². The molecule has 0 saturated heterocycles. The van der Waals surface area contributed by atoms with Crippen LogP contribution in [0.25, 0.3) is 11.1 Å². The molecule has 0 heterocycles. The fourth-order valence-electron chi connectivity index (χ4n) is 6.61. The molecule has 3 aromatic carbocycles. The fraction of sp³-hybridized carbons (Fsp3) is 0.324. The average Bonchev–Trinajstić information content (AvgIpc) is 3.46. The number of halogens is 2. The molecule has 0 aliphatic heterocycles. The van der Waals surface area contributed by atoms with Crippen molar-refractivity contribution in [2.45, 2.75) is 58.0 Å². The zero-order chi connectivity index (χ0) is 24.9. The number of hydrogen-bond donors (Lipinski definition) is 0. The second kappa shape index (κ2) is 10.9. The molecular weight excluding hydrogens is 571 g/mol. The Bertz CT molecular complexity index is 1410. The number of hydrogen-bond acceptors (Lipinski definition) is 0. The molecule has 5 rings (SSSR count). The molecule has 0 amide bonds. The van der Waals surface area contributed by atoms with Crippen molar-refractivity contribution < 1.29 is 18.3 Å². The molecule has 3 aromatic rings. The predicted octanol–water partition coefficient (Wildman–Crippen LogP) is 8.90. The Morgan fingerprint density at radius 1 is 0.865 bits per heavy atom. The first-order chi connectivity index (χ1) is 16.6. The SMILES string of the molecule is Cl.Cl.[CH2]=[Zr]([CH3])([C]1=CC(C(C)(C)C)=CC1CCCC)([c]1ccccc1)[c]1cccc2c1Cc1ccccc1-2. The summed E-state index contributed by atoms with van der Waals surface area (Å²) in [4.78, 5) is 0. The predicted molar refractivity (Wildman–Crippen MR) is 167 cm³/mol. The van der Waals surface area contributed by atoms with Gasteiger partial charge in [0.25, 0.3) is 0 Å². The van der Waals surface area contributed by atoms with E-state index in [0.717, 1.165) is 6.42 Å². The molecule has 0 aromatic heterocycles. The minimum absolute atomic E-state index is 0. The molecule has 196 valence electrons. The topological polar surface area (TPSA) is 0 Å². The first-order valence-electron chi connectivity index (χ1n) is 13.4. The Morgan fingerprint density at radius 3 is 2.19 bits per heavy atom. The van der Waals surface area contributed by atoms with Crippen LogP contribution in [0, 0.1) is 11.3 Å². The molecule has 0 N–H and O–H groups in total. The maximum atomic E-state index is 5.45. The minimum atomic E-state index is -4.19. The third-order valence-electron chi connectivity index (χ3n) is 8.74. The second-order valence-corrected chi connectivity index (χ2v) is 26.3. The molecule has 0 nitrogen and oxygen atoms in total. The van der Waals surface area contributed by atoms with E-state index >= 15 is 0 Å². The van der Waals surface area contributed by atoms with E-state index in [4.69, 9.17) is 4.21 Å². The molecule has 37 heavy (non-hydrogen) atoms. The van der Waals surface area contributed by atoms with Crippen LogP contribution in [0.1, 0.15) is 58.1 Å². The van der Waals surface area contributed by atoms with Crippen LogP contribution in [0.15, 0.2) is 93.8 Å². The number of unbranched alkanes of at least 4 members (excludes halogenated alkanes) is 1. The Balaban J connectivity index is 0.00000190. The molecule has 3 heteroatoms. The molecule has 2 aliphatic carbocycles. The van der Waals surface area contributed by atoms with Crippen molar-refractivity contribution in [1.82, 2.24) is 0 Å². The summed E-state index contributed by atoms with van der Waals surface area (Å²) in [7, 11) is 0. The van der Waals surface area contributed by atoms with Crippen LogP contribution in [0.2, 0.25) is 4.63 Å². The third kappa shape index (κ3) is 4.98. The summed E-state index contributed by atoms with van der Waals surface area (Å²) in [6.07, 6.45) is 9.94. The van der Waals surface area contributed by atoms with Gasteiger partial charge >= 0.3 is 214 Å². The zero-order valence-electron chi connectivity index (χ0n) is 23.0. The van der Waals surface area contributed by atoms with Gasteiger partial charge in [0.1, 0.15) is 0 Å². The van der Waals surface area contributed by atoms with E-state index < -0.39 is 18.3 Å². The van der Waals surface area contributed by atoms with Gasteiger partial charge in [0, 0.05) is 0 Å². The van der Waals surface area contributed by atoms with Gasteiger partial charge in [-0.05, 0) is 0 Å². The summed E-state index contributed by atoms with van der Waals surface area (Å²) in [6, 6.07) is 27.4. The van der Waals surface area contributed by atoms with E-state index in [-0.39, 0.29) is 30.2 Å². The van der Waals surface area contributed by atoms with Gasteiger partial charge in [-0.25, -0.2) is 0 Å². The zero-order valence-corrected chi connectivity index (χ0v) is 27.1. The van der Waals surface area contributed by atoms with E-state index in [2.05, 4.69) is 117 Å². The Kier molecular flexibility index (Phi) is 8.86. The van der Waals surface area contributed by atoms with E-state index in [0.29, 0.717) is 5.92 Å². The van der Waals surface area contributed by atoms with Gasteiger partial charge in [-0.15, -0.1) is 24.8 Å². The van der Waals surface area contributed by atoms with Crippen LogP contribution < -0.4 is 6.54 Å². The first-order valence-corrected chi connectivity index (χ1v) is 21.3. The van der Waals surface area contributed by atoms with E-state index in [1.807, 2.05) is 0 Å². The van der Waals surface area contributed by atoms with Crippen molar-refractivity contribution in [3.63, 3.8) is 0 Å². The summed E-state index contributed by atoms with van der Waals surface area (Å²) < 4.78 is 12.8. The molecule has 0 radical (unpaired) electrons. The standard InChI is InChI=1S/C13H9.C13H21.C6H5.CH3.CH2.2ClH.Zr/c1-3-7-12-10(5-1)9-11-6-2-4-8-13(11)12;1-5-6-7-11-8-9-12(10-11)13(2,3)4;1-2-4-6-5-3-1;;;;;/h1-5,7-8H,9H2;9-11H,5-7H2,1-4H3;1-5H;1H3;1H2;2*1H;. The van der Waals surface area contributed by atoms with Gasteiger partial charge in [-0.1, -0.05) is 0 Å². The molecule has 1 unspecified atom stereocenters. The Hall–Kier alpha value is -1.53. The van der Waals surface area contributed by atoms with E-state index in [1.165, 1.54) is 50.4 Å². The van der Waals surface area contributed by atoms with Gasteiger partial charge in [-0.2, -0.15) is 0 Å². The Morgan fingerprint density at radius 2 is 1.51 bits per heavy atom. The van der Waals surface area contributed by atoms with Crippen LogP contribution in [-0.4, -0.2) is 4.21 Å². The van der Waals surface area contributed by atoms with Gasteiger partial charge in [0.15, 0.2) is 0 Å². The maximum absolute atomic E-state index is 5.45. The molecule has 2 aliphatic rings. The Labute approximate surface area is 237 Å². The second-order valence-electron chi connectivity index (χ2n) is 12.3. The summed E-state index contributed by atoms with van der Waals surface area (Å²) in [5, 5.41) is 0. The van der Waals surface area contributed by atoms with Crippen molar-refractivity contribution in [1.29, 1.82) is 0 Å². The first kappa shape index (κ1) is 30.0. The van der Waals surface area contributed by atoms with Crippen molar-refractivity contribution in [2.75, 3.05) is 0 Å². The summed E-state index contributed by atoms with van der Waals surface area (Å²) in [5.41, 5.74) is 7.45. The van der Waals surface area contributed by atoms with Gasteiger partial charge in [0.05, 0.1) is 0 Å². The number of benzene rings is 3. The molecule has 1 atom stereocenters. The molecule has 0 spiro atoms. The van der Waals surface area contributed by atoms with Crippen molar-refractivity contribution >= 4 is 35.6 Å². The molecular formula is C34H42Cl2Zr. The number of rotatable bonds is 6. The van der Waals surface area contributed by atoms with Crippen LogP contribution in [0.3, 0.4) is 0 Å².